The third-order valence-electron chi connectivity index (χ3n) is 3.74. The zero-order valence-corrected chi connectivity index (χ0v) is 12.8. The Morgan fingerprint density at radius 2 is 1.77 bits per heavy atom. The third-order valence-corrected chi connectivity index (χ3v) is 3.74. The Labute approximate surface area is 128 Å². The van der Waals surface area contributed by atoms with Gasteiger partial charge in [0.1, 0.15) is 11.3 Å². The number of unbranched alkanes of at least 4 members (excludes halogenated alkanes) is 1. The Morgan fingerprint density at radius 3 is 2.50 bits per heavy atom. The molecule has 0 radical (unpaired) electrons. The molecule has 22 heavy (non-hydrogen) atoms. The lowest BCUT2D eigenvalue weighted by Gasteiger charge is -2.11. The van der Waals surface area contributed by atoms with Gasteiger partial charge in [0.05, 0.1) is 12.0 Å². The molecule has 2 aromatic carbocycles. The van der Waals surface area contributed by atoms with E-state index in [9.17, 15) is 4.79 Å². The SMILES string of the molecule is CCCCOc1ccc2c(oc(=O)c3ccccc32)c1C.O. The smallest absolute Gasteiger partial charge is 0.344 e. The maximum Gasteiger partial charge on any atom is 0.344 e. The van der Waals surface area contributed by atoms with Crippen molar-refractivity contribution < 1.29 is 14.6 Å². The second kappa shape index (κ2) is 6.62. The fourth-order valence-corrected chi connectivity index (χ4v) is 2.54. The molecule has 1 heterocycles. The Hall–Kier alpha value is -2.33. The van der Waals surface area contributed by atoms with Crippen molar-refractivity contribution in [1.82, 2.24) is 0 Å². The minimum Gasteiger partial charge on any atom is -0.493 e. The highest BCUT2D eigenvalue weighted by molar-refractivity contribution is 6.05. The van der Waals surface area contributed by atoms with E-state index in [-0.39, 0.29) is 11.1 Å². The van der Waals surface area contributed by atoms with Crippen molar-refractivity contribution in [3.63, 3.8) is 0 Å². The fourth-order valence-electron chi connectivity index (χ4n) is 2.54. The molecule has 0 unspecified atom stereocenters. The number of benzene rings is 2. The number of ether oxygens (including phenoxy) is 1. The van der Waals surface area contributed by atoms with E-state index >= 15 is 0 Å². The Bertz CT molecular complexity index is 849. The molecule has 0 aliphatic carbocycles. The molecule has 4 heteroatoms. The lowest BCUT2D eigenvalue weighted by atomic mass is 10.0. The first-order valence-corrected chi connectivity index (χ1v) is 7.30. The summed E-state index contributed by atoms with van der Waals surface area (Å²) < 4.78 is 11.3. The normalized spacial score (nSPS) is 10.6. The minimum absolute atomic E-state index is 0. The van der Waals surface area contributed by atoms with Crippen molar-refractivity contribution in [1.29, 1.82) is 0 Å². The largest absolute Gasteiger partial charge is 0.493 e. The van der Waals surface area contributed by atoms with Crippen LogP contribution in [-0.2, 0) is 0 Å². The van der Waals surface area contributed by atoms with Crippen molar-refractivity contribution in [2.24, 2.45) is 0 Å². The molecule has 0 amide bonds. The van der Waals surface area contributed by atoms with Crippen molar-refractivity contribution in [3.8, 4) is 5.75 Å². The van der Waals surface area contributed by atoms with E-state index in [0.717, 1.165) is 34.9 Å². The average molecular weight is 300 g/mol. The van der Waals surface area contributed by atoms with Gasteiger partial charge in [-0.25, -0.2) is 4.79 Å². The maximum absolute atomic E-state index is 12.1. The van der Waals surface area contributed by atoms with Crippen molar-refractivity contribution in [2.75, 3.05) is 6.61 Å². The van der Waals surface area contributed by atoms with E-state index in [1.54, 1.807) is 6.07 Å². The summed E-state index contributed by atoms with van der Waals surface area (Å²) in [5.74, 6) is 0.786. The van der Waals surface area contributed by atoms with Crippen LogP contribution < -0.4 is 10.4 Å². The highest BCUT2D eigenvalue weighted by Gasteiger charge is 2.12. The van der Waals surface area contributed by atoms with E-state index in [1.807, 2.05) is 37.3 Å². The summed E-state index contributed by atoms with van der Waals surface area (Å²) in [5, 5.41) is 2.49. The molecule has 3 aromatic rings. The zero-order valence-electron chi connectivity index (χ0n) is 12.8. The van der Waals surface area contributed by atoms with E-state index in [1.165, 1.54) is 0 Å². The first-order valence-electron chi connectivity index (χ1n) is 7.30. The molecule has 2 N–H and O–H groups in total. The van der Waals surface area contributed by atoms with Crippen LogP contribution in [0.3, 0.4) is 0 Å². The molecule has 0 aliphatic heterocycles. The van der Waals surface area contributed by atoms with E-state index < -0.39 is 0 Å². The van der Waals surface area contributed by atoms with Gasteiger partial charge in [0.25, 0.3) is 0 Å². The number of hydrogen-bond acceptors (Lipinski definition) is 3. The van der Waals surface area contributed by atoms with Crippen LogP contribution in [0.4, 0.5) is 0 Å². The quantitative estimate of drug-likeness (QED) is 0.420. The second-order valence-corrected chi connectivity index (χ2v) is 5.20. The summed E-state index contributed by atoms with van der Waals surface area (Å²) in [6.07, 6.45) is 2.10. The first kappa shape index (κ1) is 16.0. The van der Waals surface area contributed by atoms with Crippen LogP contribution in [0.15, 0.2) is 45.6 Å². The van der Waals surface area contributed by atoms with Gasteiger partial charge < -0.3 is 14.6 Å². The molecule has 116 valence electrons. The molecular weight excluding hydrogens is 280 g/mol. The average Bonchev–Trinajstić information content (AvgIpc) is 2.51. The molecule has 0 saturated heterocycles. The molecule has 0 saturated carbocycles. The molecule has 4 nitrogen and oxygen atoms in total. The molecule has 0 aliphatic rings. The maximum atomic E-state index is 12.1. The predicted molar refractivity (Wildman–Crippen MR) is 88.7 cm³/mol. The summed E-state index contributed by atoms with van der Waals surface area (Å²) in [4.78, 5) is 12.1. The monoisotopic (exact) mass is 300 g/mol. The van der Waals surface area contributed by atoms with E-state index in [4.69, 9.17) is 9.15 Å². The van der Waals surface area contributed by atoms with Crippen LogP contribution in [0.2, 0.25) is 0 Å². The Morgan fingerprint density at radius 1 is 1.05 bits per heavy atom. The van der Waals surface area contributed by atoms with Crippen molar-refractivity contribution in [3.05, 3.63) is 52.4 Å². The van der Waals surface area contributed by atoms with Gasteiger partial charge in [0.2, 0.25) is 0 Å². The predicted octanol–water partition coefficient (Wildman–Crippen LogP) is 3.61. The standard InChI is InChI=1S/C18H18O3.H2O/c1-3-4-11-20-16-10-9-14-13-7-5-6-8-15(13)18(19)21-17(14)12(16)2;/h5-10H,3-4,11H2,1-2H3;1H2. The van der Waals surface area contributed by atoms with Gasteiger partial charge in [0.15, 0.2) is 0 Å². The lowest BCUT2D eigenvalue weighted by molar-refractivity contribution is 0.307. The molecule has 0 atom stereocenters. The van der Waals surface area contributed by atoms with Gasteiger partial charge in [-0.05, 0) is 36.9 Å². The summed E-state index contributed by atoms with van der Waals surface area (Å²) in [6, 6.07) is 11.4. The number of fused-ring (bicyclic) bond motifs is 3. The third kappa shape index (κ3) is 2.70. The zero-order chi connectivity index (χ0) is 14.8. The molecule has 3 rings (SSSR count). The van der Waals surface area contributed by atoms with Crippen LogP contribution in [0.25, 0.3) is 21.7 Å². The van der Waals surface area contributed by atoms with Crippen LogP contribution in [-0.4, -0.2) is 12.1 Å². The van der Waals surface area contributed by atoms with E-state index in [0.29, 0.717) is 17.6 Å². The van der Waals surface area contributed by atoms with Crippen LogP contribution >= 0.6 is 0 Å². The molecule has 0 bridgehead atoms. The number of aryl methyl sites for hydroxylation is 1. The molecule has 0 fully saturated rings. The number of rotatable bonds is 4. The fraction of sp³-hybridized carbons (Fsp3) is 0.278. The van der Waals surface area contributed by atoms with Crippen molar-refractivity contribution in [2.45, 2.75) is 26.7 Å². The molecule has 1 aromatic heterocycles. The van der Waals surface area contributed by atoms with Gasteiger partial charge in [-0.2, -0.15) is 0 Å². The summed E-state index contributed by atoms with van der Waals surface area (Å²) in [7, 11) is 0. The minimum atomic E-state index is -0.299. The van der Waals surface area contributed by atoms with Crippen LogP contribution in [0, 0.1) is 6.92 Å². The van der Waals surface area contributed by atoms with Crippen LogP contribution in [0.5, 0.6) is 5.75 Å². The second-order valence-electron chi connectivity index (χ2n) is 5.20. The summed E-state index contributed by atoms with van der Waals surface area (Å²) in [6.45, 7) is 4.74. The Balaban J connectivity index is 0.00000176. The Kier molecular flexibility index (Phi) is 4.83. The van der Waals surface area contributed by atoms with Gasteiger partial charge in [-0.1, -0.05) is 31.5 Å². The van der Waals surface area contributed by atoms with Crippen LogP contribution in [0.1, 0.15) is 25.3 Å². The van der Waals surface area contributed by atoms with Gasteiger partial charge >= 0.3 is 5.63 Å². The number of hydrogen-bond donors (Lipinski definition) is 0. The summed E-state index contributed by atoms with van der Waals surface area (Å²) in [5.41, 5.74) is 1.20. The molecular formula is C18H20O4. The molecule has 0 spiro atoms. The van der Waals surface area contributed by atoms with Gasteiger partial charge in [-0.3, -0.25) is 0 Å². The highest BCUT2D eigenvalue weighted by atomic mass is 16.5. The van der Waals surface area contributed by atoms with E-state index in [2.05, 4.69) is 6.92 Å². The first-order chi connectivity index (χ1) is 10.2. The van der Waals surface area contributed by atoms with Gasteiger partial charge in [0, 0.05) is 10.9 Å². The highest BCUT2D eigenvalue weighted by Crippen LogP contribution is 2.30. The van der Waals surface area contributed by atoms with Crippen molar-refractivity contribution >= 4 is 21.7 Å². The summed E-state index contributed by atoms with van der Waals surface area (Å²) >= 11 is 0. The topological polar surface area (TPSA) is 70.9 Å². The lowest BCUT2D eigenvalue weighted by Crippen LogP contribution is -2.02. The van der Waals surface area contributed by atoms with Gasteiger partial charge in [-0.15, -0.1) is 0 Å².